The first-order valence-electron chi connectivity index (χ1n) is 9.73. The SMILES string of the molecule is COCOCCCCCCCCCCCCCCCC=CC(=O)O. The lowest BCUT2D eigenvalue weighted by Gasteiger charge is -2.04. The Hall–Kier alpha value is -0.870. The summed E-state index contributed by atoms with van der Waals surface area (Å²) in [6, 6.07) is 0. The van der Waals surface area contributed by atoms with Gasteiger partial charge in [0.1, 0.15) is 6.79 Å². The fourth-order valence-corrected chi connectivity index (χ4v) is 2.74. The van der Waals surface area contributed by atoms with Crippen LogP contribution in [-0.2, 0) is 14.3 Å². The van der Waals surface area contributed by atoms with Crippen molar-refractivity contribution in [3.63, 3.8) is 0 Å². The number of carboxylic acids is 1. The highest BCUT2D eigenvalue weighted by Crippen LogP contribution is 2.13. The number of hydrogen-bond acceptors (Lipinski definition) is 3. The van der Waals surface area contributed by atoms with Crippen molar-refractivity contribution in [1.29, 1.82) is 0 Å². The van der Waals surface area contributed by atoms with E-state index < -0.39 is 5.97 Å². The molecule has 0 unspecified atom stereocenters. The zero-order valence-corrected chi connectivity index (χ0v) is 15.6. The van der Waals surface area contributed by atoms with E-state index in [1.807, 2.05) is 0 Å². The van der Waals surface area contributed by atoms with E-state index in [1.165, 1.54) is 76.7 Å². The maximum absolute atomic E-state index is 10.3. The molecule has 24 heavy (non-hydrogen) atoms. The van der Waals surface area contributed by atoms with Gasteiger partial charge in [-0.25, -0.2) is 4.79 Å². The van der Waals surface area contributed by atoms with Gasteiger partial charge in [0, 0.05) is 19.8 Å². The minimum atomic E-state index is -0.842. The summed E-state index contributed by atoms with van der Waals surface area (Å²) in [5, 5.41) is 8.46. The van der Waals surface area contributed by atoms with Crippen LogP contribution in [-0.4, -0.2) is 31.6 Å². The number of aliphatic carboxylic acids is 1. The van der Waals surface area contributed by atoms with E-state index in [0.29, 0.717) is 6.79 Å². The molecule has 0 aliphatic heterocycles. The molecule has 0 rings (SSSR count). The molecule has 142 valence electrons. The van der Waals surface area contributed by atoms with E-state index in [9.17, 15) is 4.79 Å². The highest BCUT2D eigenvalue weighted by atomic mass is 16.7. The second-order valence-electron chi connectivity index (χ2n) is 6.44. The minimum absolute atomic E-state index is 0.418. The average molecular weight is 343 g/mol. The fraction of sp³-hybridized carbons (Fsp3) is 0.850. The van der Waals surface area contributed by atoms with Gasteiger partial charge in [-0.05, 0) is 19.3 Å². The molecule has 0 radical (unpaired) electrons. The van der Waals surface area contributed by atoms with Gasteiger partial charge in [0.2, 0.25) is 0 Å². The highest BCUT2D eigenvalue weighted by molar-refractivity contribution is 5.79. The molecule has 0 spiro atoms. The van der Waals surface area contributed by atoms with Crippen LogP contribution in [0.1, 0.15) is 89.9 Å². The van der Waals surface area contributed by atoms with Crippen LogP contribution in [0.5, 0.6) is 0 Å². The van der Waals surface area contributed by atoms with E-state index in [0.717, 1.165) is 25.9 Å². The molecule has 0 aromatic rings. The Morgan fingerprint density at radius 3 is 1.71 bits per heavy atom. The number of hydrogen-bond donors (Lipinski definition) is 1. The lowest BCUT2D eigenvalue weighted by Crippen LogP contribution is -1.98. The largest absolute Gasteiger partial charge is 0.478 e. The zero-order valence-electron chi connectivity index (χ0n) is 15.6. The maximum atomic E-state index is 10.3. The number of allylic oxidation sites excluding steroid dienone is 1. The van der Waals surface area contributed by atoms with Crippen molar-refractivity contribution in [1.82, 2.24) is 0 Å². The number of carboxylic acid groups (broad SMARTS) is 1. The third kappa shape index (κ3) is 21.1. The third-order valence-electron chi connectivity index (χ3n) is 4.12. The smallest absolute Gasteiger partial charge is 0.327 e. The lowest BCUT2D eigenvalue weighted by molar-refractivity contribution is -0.131. The first kappa shape index (κ1) is 23.1. The molecule has 0 fully saturated rings. The molecule has 4 nitrogen and oxygen atoms in total. The van der Waals surface area contributed by atoms with Crippen LogP contribution >= 0.6 is 0 Å². The van der Waals surface area contributed by atoms with E-state index in [4.69, 9.17) is 14.6 Å². The molecular formula is C20H38O4. The number of rotatable bonds is 19. The number of unbranched alkanes of at least 4 members (excludes halogenated alkanes) is 13. The Morgan fingerprint density at radius 1 is 0.792 bits per heavy atom. The summed E-state index contributed by atoms with van der Waals surface area (Å²) < 4.78 is 10.1. The second kappa shape index (κ2) is 20.2. The van der Waals surface area contributed by atoms with Crippen molar-refractivity contribution in [2.75, 3.05) is 20.5 Å². The van der Waals surface area contributed by atoms with Gasteiger partial charge >= 0.3 is 5.97 Å². The number of methoxy groups -OCH3 is 1. The molecule has 0 amide bonds. The molecule has 0 saturated heterocycles. The Kier molecular flexibility index (Phi) is 19.4. The summed E-state index contributed by atoms with van der Waals surface area (Å²) in [4.78, 5) is 10.3. The van der Waals surface area contributed by atoms with E-state index >= 15 is 0 Å². The van der Waals surface area contributed by atoms with Crippen molar-refractivity contribution >= 4 is 5.97 Å². The Labute approximate surface area is 148 Å². The fourth-order valence-electron chi connectivity index (χ4n) is 2.74. The summed E-state index contributed by atoms with van der Waals surface area (Å²) in [6.07, 6.45) is 20.8. The van der Waals surface area contributed by atoms with Crippen LogP contribution in [0.4, 0.5) is 0 Å². The highest BCUT2D eigenvalue weighted by Gasteiger charge is 1.94. The van der Waals surface area contributed by atoms with E-state index in [2.05, 4.69) is 0 Å². The molecule has 0 heterocycles. The van der Waals surface area contributed by atoms with Crippen molar-refractivity contribution in [2.45, 2.75) is 89.9 Å². The van der Waals surface area contributed by atoms with E-state index in [1.54, 1.807) is 13.2 Å². The van der Waals surface area contributed by atoms with E-state index in [-0.39, 0.29) is 0 Å². The molecule has 0 aliphatic rings. The summed E-state index contributed by atoms with van der Waals surface area (Å²) in [6.45, 7) is 1.24. The van der Waals surface area contributed by atoms with Gasteiger partial charge in [-0.2, -0.15) is 0 Å². The molecule has 0 aliphatic carbocycles. The van der Waals surface area contributed by atoms with Crippen molar-refractivity contribution in [2.24, 2.45) is 0 Å². The van der Waals surface area contributed by atoms with Gasteiger partial charge in [0.25, 0.3) is 0 Å². The van der Waals surface area contributed by atoms with Crippen LogP contribution in [0.25, 0.3) is 0 Å². The molecule has 1 N–H and O–H groups in total. The Bertz CT molecular complexity index is 289. The van der Waals surface area contributed by atoms with Crippen LogP contribution in [0.3, 0.4) is 0 Å². The summed E-state index contributed by atoms with van der Waals surface area (Å²) in [7, 11) is 1.66. The van der Waals surface area contributed by atoms with Crippen molar-refractivity contribution in [3.8, 4) is 0 Å². The van der Waals surface area contributed by atoms with Crippen molar-refractivity contribution < 1.29 is 19.4 Å². The minimum Gasteiger partial charge on any atom is -0.478 e. The summed E-state index contributed by atoms with van der Waals surface area (Å²) >= 11 is 0. The predicted octanol–water partition coefficient (Wildman–Crippen LogP) is 5.71. The van der Waals surface area contributed by atoms with Crippen LogP contribution in [0.2, 0.25) is 0 Å². The molecule has 4 heteroatoms. The van der Waals surface area contributed by atoms with Crippen LogP contribution in [0, 0.1) is 0 Å². The maximum Gasteiger partial charge on any atom is 0.327 e. The van der Waals surface area contributed by atoms with Gasteiger partial charge in [-0.3, -0.25) is 0 Å². The summed E-state index contributed by atoms with van der Waals surface area (Å²) in [5.41, 5.74) is 0. The zero-order chi connectivity index (χ0) is 17.7. The monoisotopic (exact) mass is 342 g/mol. The van der Waals surface area contributed by atoms with Crippen LogP contribution < -0.4 is 0 Å². The molecule has 0 bridgehead atoms. The van der Waals surface area contributed by atoms with Gasteiger partial charge in [-0.15, -0.1) is 0 Å². The standard InChI is InChI=1S/C20H38O4/c1-23-19-24-18-16-14-12-10-8-6-4-2-3-5-7-9-11-13-15-17-20(21)22/h15,17H,2-14,16,18-19H2,1H3,(H,21,22). The second-order valence-corrected chi connectivity index (χ2v) is 6.44. The Morgan fingerprint density at radius 2 is 1.25 bits per heavy atom. The number of ether oxygens (including phenoxy) is 2. The molecular weight excluding hydrogens is 304 g/mol. The molecule has 0 atom stereocenters. The Balaban J connectivity index is 3.01. The van der Waals surface area contributed by atoms with Gasteiger partial charge in [0.05, 0.1) is 0 Å². The first-order chi connectivity index (χ1) is 11.8. The molecule has 0 saturated carbocycles. The quantitative estimate of drug-likeness (QED) is 0.186. The number of carbonyl (C=O) groups is 1. The normalized spacial score (nSPS) is 11.4. The summed E-state index contributed by atoms with van der Waals surface area (Å²) in [5.74, 6) is -0.842. The first-order valence-corrected chi connectivity index (χ1v) is 9.73. The molecule has 0 aromatic heterocycles. The lowest BCUT2D eigenvalue weighted by atomic mass is 10.0. The van der Waals surface area contributed by atoms with Crippen molar-refractivity contribution in [3.05, 3.63) is 12.2 Å². The van der Waals surface area contributed by atoms with Gasteiger partial charge < -0.3 is 14.6 Å². The van der Waals surface area contributed by atoms with Gasteiger partial charge in [0.15, 0.2) is 0 Å². The predicted molar refractivity (Wildman–Crippen MR) is 99.2 cm³/mol. The van der Waals surface area contributed by atoms with Gasteiger partial charge in [-0.1, -0.05) is 76.7 Å². The average Bonchev–Trinajstić information content (AvgIpc) is 2.56. The molecule has 0 aromatic carbocycles. The topological polar surface area (TPSA) is 55.8 Å². The third-order valence-corrected chi connectivity index (χ3v) is 4.12. The van der Waals surface area contributed by atoms with Crippen LogP contribution in [0.15, 0.2) is 12.2 Å².